The zero-order valence-corrected chi connectivity index (χ0v) is 26.7. The van der Waals surface area contributed by atoms with Crippen molar-refractivity contribution in [2.45, 2.75) is 62.7 Å². The first-order valence-electron chi connectivity index (χ1n) is 15.8. The number of benzene rings is 2. The molecule has 0 aliphatic heterocycles. The zero-order valence-electron chi connectivity index (χ0n) is 25.7. The van der Waals surface area contributed by atoms with Gasteiger partial charge in [0.15, 0.2) is 0 Å². The second kappa shape index (κ2) is 11.5. The van der Waals surface area contributed by atoms with Crippen molar-refractivity contribution in [3.63, 3.8) is 0 Å². The molecule has 3 heteroatoms. The normalized spacial score (nSPS) is 36.0. The van der Waals surface area contributed by atoms with Crippen LogP contribution >= 0.6 is 0 Å². The monoisotopic (exact) mass is 564 g/mol. The molecule has 0 amide bonds. The Kier molecular flexibility index (Phi) is 7.93. The van der Waals surface area contributed by atoms with E-state index in [0.29, 0.717) is 35.5 Å². The molecule has 0 aromatic heterocycles. The highest BCUT2D eigenvalue weighted by Gasteiger charge is 2.58. The molecule has 10 unspecified atom stereocenters. The van der Waals surface area contributed by atoms with E-state index in [0.717, 1.165) is 34.4 Å². The summed E-state index contributed by atoms with van der Waals surface area (Å²) >= 11 is 0. The van der Waals surface area contributed by atoms with Crippen LogP contribution in [0.5, 0.6) is 11.5 Å². The van der Waals surface area contributed by atoms with Crippen molar-refractivity contribution in [1.29, 1.82) is 0 Å². The van der Waals surface area contributed by atoms with Crippen LogP contribution in [0.15, 0.2) is 97.1 Å². The van der Waals surface area contributed by atoms with Gasteiger partial charge >= 0.3 is 0 Å². The number of allylic oxidation sites excluding steroid dienone is 8. The molecule has 4 aliphatic carbocycles. The van der Waals surface area contributed by atoms with Crippen molar-refractivity contribution in [3.05, 3.63) is 108 Å². The fourth-order valence-electron chi connectivity index (χ4n) is 10.1. The summed E-state index contributed by atoms with van der Waals surface area (Å²) in [6.45, 7) is 10.7. The molecule has 2 aromatic carbocycles. The Labute approximate surface area is 249 Å². The molecule has 216 valence electrons. The number of hydrogen-bond acceptors (Lipinski definition) is 2. The largest absolute Gasteiger partial charge is 0.497 e. The van der Waals surface area contributed by atoms with E-state index < -0.39 is 8.07 Å². The van der Waals surface area contributed by atoms with Gasteiger partial charge in [-0.1, -0.05) is 99.8 Å². The summed E-state index contributed by atoms with van der Waals surface area (Å²) in [7, 11) is 1.79. The number of hydrogen-bond donors (Lipinski definition) is 0. The summed E-state index contributed by atoms with van der Waals surface area (Å²) in [5, 5.41) is 0. The van der Waals surface area contributed by atoms with Crippen LogP contribution in [0.2, 0.25) is 24.2 Å². The first-order valence-corrected chi connectivity index (χ1v) is 19.0. The van der Waals surface area contributed by atoms with Crippen molar-refractivity contribution in [3.8, 4) is 11.5 Å². The maximum atomic E-state index is 5.47. The molecule has 2 aromatic rings. The summed E-state index contributed by atoms with van der Waals surface area (Å²) in [4.78, 5) is 0. The minimum absolute atomic E-state index is 0.466. The van der Waals surface area contributed by atoms with Gasteiger partial charge in [-0.15, -0.1) is 0 Å². The van der Waals surface area contributed by atoms with E-state index in [4.69, 9.17) is 9.47 Å². The highest BCUT2D eigenvalue weighted by Crippen LogP contribution is 2.64. The fourth-order valence-corrected chi connectivity index (χ4v) is 16.5. The van der Waals surface area contributed by atoms with E-state index in [2.05, 4.69) is 124 Å². The molecule has 6 rings (SSSR count). The number of ether oxygens (including phenoxy) is 2. The van der Waals surface area contributed by atoms with Crippen molar-refractivity contribution >= 4 is 8.07 Å². The lowest BCUT2D eigenvalue weighted by atomic mass is 9.80. The fraction of sp³-hybridized carbons (Fsp3) is 0.474. The summed E-state index contributed by atoms with van der Waals surface area (Å²) in [5.41, 5.74) is 4.45. The molecule has 0 saturated heterocycles. The summed E-state index contributed by atoms with van der Waals surface area (Å²) in [5.74, 6) is 6.93. The van der Waals surface area contributed by atoms with Crippen molar-refractivity contribution in [2.24, 2.45) is 35.5 Å². The Balaban J connectivity index is 1.30. The van der Waals surface area contributed by atoms with Crippen LogP contribution in [0.25, 0.3) is 0 Å². The van der Waals surface area contributed by atoms with E-state index in [1.165, 1.54) is 24.0 Å². The molecular formula is C38H48O2Si. The number of rotatable bonds is 6. The molecule has 2 fully saturated rings. The maximum absolute atomic E-state index is 5.47. The van der Waals surface area contributed by atoms with Crippen LogP contribution in [0, 0.1) is 35.5 Å². The number of fused-ring (bicyclic) bond motifs is 2. The molecule has 0 heterocycles. The standard InChI is InChI=1S/C38H48O2Si/c1-25-23-35-31(27-15-19-29(39-3)20-16-27)11-7-9-13-33(35)37(25)41(5,6)38-26(2)24-36-32(12-8-10-14-34(36)38)28-17-21-30(40-4)22-18-28/h7-22,25-26,31-38H,23-24H2,1-6H3. The Morgan fingerprint density at radius 2 is 0.927 bits per heavy atom. The molecule has 0 spiro atoms. The van der Waals surface area contributed by atoms with Gasteiger partial charge in [0.2, 0.25) is 0 Å². The Bertz CT molecular complexity index is 1220. The lowest BCUT2D eigenvalue weighted by molar-refractivity contribution is 0.402. The Morgan fingerprint density at radius 3 is 1.29 bits per heavy atom. The van der Waals surface area contributed by atoms with E-state index >= 15 is 0 Å². The molecule has 10 atom stereocenters. The molecular weight excluding hydrogens is 517 g/mol. The minimum atomic E-state index is -1.71. The van der Waals surface area contributed by atoms with Crippen LogP contribution in [-0.4, -0.2) is 22.3 Å². The third-order valence-corrected chi connectivity index (χ3v) is 16.8. The summed E-state index contributed by atoms with van der Waals surface area (Å²) in [6.07, 6.45) is 22.2. The highest BCUT2D eigenvalue weighted by molar-refractivity contribution is 6.80. The Morgan fingerprint density at radius 1 is 0.561 bits per heavy atom. The van der Waals surface area contributed by atoms with Crippen LogP contribution in [0.1, 0.15) is 49.7 Å². The van der Waals surface area contributed by atoms with Gasteiger partial charge in [0.25, 0.3) is 0 Å². The second-order valence-corrected chi connectivity index (χ2v) is 18.9. The van der Waals surface area contributed by atoms with Gasteiger partial charge in [-0.2, -0.15) is 0 Å². The van der Waals surface area contributed by atoms with Gasteiger partial charge in [-0.25, -0.2) is 0 Å². The van der Waals surface area contributed by atoms with Gasteiger partial charge < -0.3 is 9.47 Å². The molecule has 4 aliphatic rings. The molecule has 2 saturated carbocycles. The van der Waals surface area contributed by atoms with Crippen LogP contribution < -0.4 is 9.47 Å². The van der Waals surface area contributed by atoms with Gasteiger partial charge in [-0.3, -0.25) is 0 Å². The van der Waals surface area contributed by atoms with Gasteiger partial charge in [0.1, 0.15) is 11.5 Å². The van der Waals surface area contributed by atoms with Crippen molar-refractivity contribution in [1.82, 2.24) is 0 Å². The molecule has 41 heavy (non-hydrogen) atoms. The predicted molar refractivity (Wildman–Crippen MR) is 175 cm³/mol. The quantitative estimate of drug-likeness (QED) is 0.325. The second-order valence-electron chi connectivity index (χ2n) is 13.9. The third-order valence-electron chi connectivity index (χ3n) is 11.5. The van der Waals surface area contributed by atoms with Gasteiger partial charge in [0.05, 0.1) is 22.3 Å². The van der Waals surface area contributed by atoms with E-state index in [9.17, 15) is 0 Å². The molecule has 0 bridgehead atoms. The van der Waals surface area contributed by atoms with Gasteiger partial charge in [-0.05, 0) is 94.8 Å². The zero-order chi connectivity index (χ0) is 28.7. The van der Waals surface area contributed by atoms with Gasteiger partial charge in [0, 0.05) is 11.8 Å². The van der Waals surface area contributed by atoms with Crippen molar-refractivity contribution in [2.75, 3.05) is 14.2 Å². The maximum Gasteiger partial charge on any atom is 0.118 e. The summed E-state index contributed by atoms with van der Waals surface area (Å²) in [6, 6.07) is 17.7. The smallest absolute Gasteiger partial charge is 0.118 e. The predicted octanol–water partition coefficient (Wildman–Crippen LogP) is 9.82. The van der Waals surface area contributed by atoms with Crippen LogP contribution in [0.3, 0.4) is 0 Å². The van der Waals surface area contributed by atoms with E-state index in [1.54, 1.807) is 14.2 Å². The lowest BCUT2D eigenvalue weighted by Crippen LogP contribution is -2.45. The minimum Gasteiger partial charge on any atom is -0.497 e. The van der Waals surface area contributed by atoms with E-state index in [-0.39, 0.29) is 0 Å². The molecule has 2 nitrogen and oxygen atoms in total. The average molecular weight is 565 g/mol. The SMILES string of the molecule is COc1ccc(C2C=CC=CC3C2CC(C)C3[Si](C)(C)C2C(C)CC3C(c4ccc(OC)cc4)C=CC=CC32)cc1. The lowest BCUT2D eigenvalue weighted by Gasteiger charge is -2.45. The first-order chi connectivity index (χ1) is 19.8. The average Bonchev–Trinajstić information content (AvgIpc) is 3.31. The summed E-state index contributed by atoms with van der Waals surface area (Å²) < 4.78 is 10.9. The third kappa shape index (κ3) is 5.09. The first kappa shape index (κ1) is 28.3. The van der Waals surface area contributed by atoms with Crippen molar-refractivity contribution < 1.29 is 9.47 Å². The van der Waals surface area contributed by atoms with Crippen LogP contribution in [0.4, 0.5) is 0 Å². The number of methoxy groups -OCH3 is 2. The molecule has 0 N–H and O–H groups in total. The topological polar surface area (TPSA) is 18.5 Å². The highest BCUT2D eigenvalue weighted by atomic mass is 28.3. The Hall–Kier alpha value is -2.78. The molecule has 0 radical (unpaired) electrons. The van der Waals surface area contributed by atoms with E-state index in [1.807, 2.05) is 0 Å². The van der Waals surface area contributed by atoms with Crippen LogP contribution in [-0.2, 0) is 0 Å².